The summed E-state index contributed by atoms with van der Waals surface area (Å²) in [6.45, 7) is 61.6. The summed E-state index contributed by atoms with van der Waals surface area (Å²) in [5, 5.41) is 31.5. The van der Waals surface area contributed by atoms with Crippen molar-refractivity contribution in [2.75, 3.05) is 103 Å². The van der Waals surface area contributed by atoms with Crippen molar-refractivity contribution >= 4 is 94.0 Å². The van der Waals surface area contributed by atoms with Crippen molar-refractivity contribution in [3.05, 3.63) is 270 Å². The first-order chi connectivity index (χ1) is 69.6. The van der Waals surface area contributed by atoms with Crippen LogP contribution in [0.2, 0.25) is 66.5 Å². The number of methoxy groups -OCH3 is 4. The van der Waals surface area contributed by atoms with Crippen LogP contribution in [0.15, 0.2) is 229 Å². The lowest BCUT2D eigenvalue weighted by molar-refractivity contribution is -0.117. The van der Waals surface area contributed by atoms with Crippen molar-refractivity contribution in [2.24, 2.45) is 0 Å². The third-order valence-corrected chi connectivity index (χ3v) is 51.3. The Morgan fingerprint density at radius 1 is 0.381 bits per heavy atom. The minimum atomic E-state index is -2.03. The van der Waals surface area contributed by atoms with Gasteiger partial charge in [0.05, 0.1) is 84.5 Å². The molecule has 0 aliphatic heterocycles. The van der Waals surface area contributed by atoms with E-state index < -0.39 is 44.9 Å². The number of nitrogens with zero attached hydrogens (tertiary/aromatic N) is 1. The quantitative estimate of drug-likeness (QED) is 0.00780. The lowest BCUT2D eigenvalue weighted by atomic mass is 10.1. The minimum Gasteiger partial charge on any atom is -0.497 e. The normalized spacial score (nSPS) is 12.0. The van der Waals surface area contributed by atoms with Gasteiger partial charge in [-0.3, -0.25) is 9.59 Å². The van der Waals surface area contributed by atoms with Crippen LogP contribution in [0.1, 0.15) is 197 Å². The Bertz CT molecular complexity index is 5270. The summed E-state index contributed by atoms with van der Waals surface area (Å²) in [6, 6.07) is 56.5. The average molecular weight is 2240 g/mol. The van der Waals surface area contributed by atoms with Gasteiger partial charge < -0.3 is 96.3 Å². The second-order valence-corrected chi connectivity index (χ2v) is 62.3. The highest BCUT2D eigenvalue weighted by atomic mass is 79.9. The summed E-state index contributed by atoms with van der Waals surface area (Å²) in [4.78, 5) is 25.5. The highest BCUT2D eigenvalue weighted by molar-refractivity contribution is 9.09. The lowest BCUT2D eigenvalue weighted by Gasteiger charge is -2.42. The first-order valence-electron chi connectivity index (χ1n) is 50.6. The molecular weight excluding hydrogens is 2070 g/mol. The molecule has 10 rings (SSSR count). The number of benzene rings is 9. The summed E-state index contributed by atoms with van der Waals surface area (Å²) in [5.41, 5.74) is 16.5. The molecule has 22 nitrogen and oxygen atoms in total. The van der Waals surface area contributed by atoms with Crippen LogP contribution >= 0.6 is 31.9 Å². The van der Waals surface area contributed by atoms with Crippen LogP contribution in [0.3, 0.4) is 0 Å². The van der Waals surface area contributed by atoms with Crippen molar-refractivity contribution in [3.8, 4) is 69.0 Å². The summed E-state index contributed by atoms with van der Waals surface area (Å²) in [6.07, 6.45) is 5.61. The zero-order valence-corrected chi connectivity index (χ0v) is 99.6. The number of carbonyl (C=O) groups excluding carboxylic acids is 2. The van der Waals surface area contributed by atoms with Gasteiger partial charge in [0, 0.05) is 66.0 Å². The molecule has 1 aliphatic carbocycles. The molecule has 810 valence electrons. The molecule has 0 saturated carbocycles. The number of hydrogen-bond acceptors (Lipinski definition) is 20. The van der Waals surface area contributed by atoms with E-state index in [4.69, 9.17) is 81.0 Å². The topological polar surface area (TPSA) is 265 Å². The van der Waals surface area contributed by atoms with Gasteiger partial charge in [-0.15, -0.1) is 0 Å². The van der Waals surface area contributed by atoms with Gasteiger partial charge in [-0.1, -0.05) is 253 Å². The van der Waals surface area contributed by atoms with Gasteiger partial charge in [-0.2, -0.15) is 0 Å². The van der Waals surface area contributed by atoms with E-state index >= 15 is 0 Å². The Morgan fingerprint density at radius 3 is 1.05 bits per heavy atom. The molecule has 9 aromatic rings. The van der Waals surface area contributed by atoms with Gasteiger partial charge in [0.15, 0.2) is 56.6 Å². The minimum absolute atomic E-state index is 0.0340. The molecule has 0 radical (unpaired) electrons. The van der Waals surface area contributed by atoms with Gasteiger partial charge in [-0.25, -0.2) is 13.2 Å². The highest BCUT2D eigenvalue weighted by Gasteiger charge is 2.48. The van der Waals surface area contributed by atoms with Crippen LogP contribution in [0, 0.1) is 23.5 Å². The Balaban J connectivity index is 0.000000373. The number of para-hydroxylation sites is 3. The van der Waals surface area contributed by atoms with Crippen LogP contribution in [0.5, 0.6) is 69.0 Å². The van der Waals surface area contributed by atoms with Crippen molar-refractivity contribution in [1.29, 1.82) is 0 Å². The molecule has 9 aromatic carbocycles. The lowest BCUT2D eigenvalue weighted by Crippen LogP contribution is -2.48. The summed E-state index contributed by atoms with van der Waals surface area (Å²) in [7, 11) is -0.880. The number of aliphatic hydroxyl groups excluding tert-OH is 3. The van der Waals surface area contributed by atoms with E-state index in [0.717, 1.165) is 45.5 Å². The van der Waals surface area contributed by atoms with E-state index in [0.29, 0.717) is 192 Å². The second kappa shape index (κ2) is 65.9. The third-order valence-electron chi connectivity index (χ3n) is 25.9. The zero-order valence-electron chi connectivity index (χ0n) is 92.4. The number of amides is 2. The first-order valence-corrected chi connectivity index (χ1v) is 61.4. The van der Waals surface area contributed by atoms with E-state index in [1.807, 2.05) is 115 Å². The Labute approximate surface area is 897 Å². The zero-order chi connectivity index (χ0) is 110. The molecule has 0 aromatic heterocycles. The molecule has 0 unspecified atom stereocenters. The number of nitrogens with two attached hydrogens (primary N) is 1. The number of anilines is 3. The number of hydrogen-bond donors (Lipinski definition) is 5. The molecule has 0 spiro atoms. The molecule has 6 N–H and O–H groups in total. The van der Waals surface area contributed by atoms with Crippen molar-refractivity contribution in [3.63, 3.8) is 0 Å². The van der Waals surface area contributed by atoms with Gasteiger partial charge in [0.1, 0.15) is 107 Å². The molecule has 0 fully saturated rings. The van der Waals surface area contributed by atoms with E-state index in [1.54, 1.807) is 57.7 Å². The predicted octanol–water partition coefficient (Wildman–Crippen LogP) is 31.7. The van der Waals surface area contributed by atoms with E-state index in [9.17, 15) is 27.9 Å². The Hall–Kier alpha value is -9.97. The molecule has 0 bridgehead atoms. The number of rotatable bonds is 47. The number of nitrogens with one attached hydrogen (secondary N) is 1. The average Bonchev–Trinajstić information content (AvgIpc) is 0.509. The standard InChI is InChI=1S/C33H44FNO5Si.C19H33BrO3Si.C19H34O4Si.C14H12FNO2.C12H10FNO.C11H25BrOSi.C8H8O3/c1-23(2)41(24(3)4,25(5)6)39-19-18-38-32-17-15-30(37-8)20-27(32)22-35(26(7)36)31-21-28(34)14-16-33(31)40-29-12-10-9-11-13-29;2*1-14(2)24(15(3)4,16(5)6)23-11-10-22-19-9-8-18(21-7)12-17(19)13-20;1-10(17)16-13-9-11(15)7-8-14(13)18-12-5-3-2-4-6-12;13-9-6-7-12(11(14)8-9)15-10-4-2-1-3-5-10;1-9(2)14(10(3)4,11(5)6)13-8-7-12;1-11-7-2-3-8(10)6(4-7)5-9/h9-17,20-21,23-25H,18-19,22H2,1-8H3;8-9,12,14-16H,10-11,13H2,1-7H3;8-9,12,14-16,20H,10-11,13H2,1-7H3;2-9H,1H3,(H,16,17);1-8H,14H2;9-11H,7-8H2,1-6H3;2,4,9H,5H2,1H3/p+1. The summed E-state index contributed by atoms with van der Waals surface area (Å²) < 4.78 is 122. The SMILES string of the molecule is CC(=O)Nc1cc(F)ccc1Oc1ccccc1.CC(C)[Si](OCCBr)(C(C)C)C(C)C.COC1=CC(CO)=C(O)[C+]=C1.COc1ccc(OCCO[Si](C(C)C)(C(C)C)C(C)C)c(CBr)c1.COc1ccc(OCCO[Si](C(C)C)(C(C)C)C(C)C)c(CN(C(C)=O)c2cc(F)ccc2Oc2ccccc2)c1.COc1ccc(OCCO[Si](C(C)C)(C(C)C)C(C)C)c(CO)c1.Nc1cc(F)ccc1Oc1ccccc1. The molecular formula is C116H167Br2F3N3O19Si4+. The molecule has 2 amide bonds. The monoisotopic (exact) mass is 2230 g/mol. The molecule has 0 heterocycles. The Kier molecular flexibility index (Phi) is 58.0. The van der Waals surface area contributed by atoms with Gasteiger partial charge >= 0.3 is 0 Å². The first kappa shape index (κ1) is 129. The van der Waals surface area contributed by atoms with Crippen LogP contribution in [0.4, 0.5) is 30.2 Å². The van der Waals surface area contributed by atoms with Crippen LogP contribution in [0.25, 0.3) is 0 Å². The molecule has 0 saturated heterocycles. The number of alkyl halides is 2. The maximum Gasteiger partial charge on any atom is 0.292 e. The largest absolute Gasteiger partial charge is 0.497 e. The van der Waals surface area contributed by atoms with E-state index in [1.165, 1.54) is 86.5 Å². The number of halogens is 5. The molecule has 1 aliphatic rings. The maximum absolute atomic E-state index is 14.5. The van der Waals surface area contributed by atoms with Gasteiger partial charge in [0.2, 0.25) is 17.6 Å². The molecule has 0 atom stereocenters. The highest BCUT2D eigenvalue weighted by Crippen LogP contribution is 2.48. The van der Waals surface area contributed by atoms with E-state index in [-0.39, 0.29) is 43.1 Å². The van der Waals surface area contributed by atoms with Crippen molar-refractivity contribution in [2.45, 2.75) is 265 Å². The number of aliphatic hydroxyl groups is 3. The maximum atomic E-state index is 14.5. The van der Waals surface area contributed by atoms with Crippen LogP contribution < -0.4 is 58.6 Å². The smallest absolute Gasteiger partial charge is 0.292 e. The fourth-order valence-electron chi connectivity index (χ4n) is 19.6. The van der Waals surface area contributed by atoms with Crippen molar-refractivity contribution < 1.29 is 103 Å². The van der Waals surface area contributed by atoms with E-state index in [2.05, 4.69) is 209 Å². The number of nitrogen functional groups attached to an aromatic ring is 1. The van der Waals surface area contributed by atoms with Crippen LogP contribution in [-0.2, 0) is 50.5 Å². The molecule has 147 heavy (non-hydrogen) atoms. The fraction of sp³-hybridized carbons (Fsp3) is 0.466. The Morgan fingerprint density at radius 2 is 0.707 bits per heavy atom. The number of ether oxygens (including phenoxy) is 10. The number of allylic oxidation sites excluding steroid dienone is 2. The molecule has 31 heteroatoms. The predicted molar refractivity (Wildman–Crippen MR) is 610 cm³/mol. The number of carbonyl (C=O) groups is 2. The van der Waals surface area contributed by atoms with Crippen molar-refractivity contribution in [1.82, 2.24) is 0 Å². The van der Waals surface area contributed by atoms with Gasteiger partial charge in [0.25, 0.3) is 5.76 Å². The van der Waals surface area contributed by atoms with Crippen LogP contribution in [-0.4, -0.2) is 147 Å². The third kappa shape index (κ3) is 39.7. The fourth-order valence-corrected chi connectivity index (χ4v) is 42.2. The summed E-state index contributed by atoms with van der Waals surface area (Å²) in [5.74, 6) is 6.19. The van der Waals surface area contributed by atoms with Gasteiger partial charge in [-0.05, 0) is 194 Å². The second-order valence-electron chi connectivity index (χ2n) is 39.1. The summed E-state index contributed by atoms with van der Waals surface area (Å²) >= 11 is 6.96.